The molecule has 0 unspecified atom stereocenters. The Balaban J connectivity index is 1.99. The third kappa shape index (κ3) is 4.86. The second-order valence-corrected chi connectivity index (χ2v) is 3.25. The molecule has 2 nitrogen and oxygen atoms in total. The van der Waals surface area contributed by atoms with Gasteiger partial charge < -0.3 is 10.1 Å². The van der Waals surface area contributed by atoms with Crippen LogP contribution in [-0.4, -0.2) is 26.8 Å². The van der Waals surface area contributed by atoms with Gasteiger partial charge in [-0.25, -0.2) is 0 Å². The van der Waals surface area contributed by atoms with E-state index in [0.29, 0.717) is 0 Å². The Morgan fingerprint density at radius 2 is 2.31 bits per heavy atom. The molecule has 0 fully saturated rings. The molecule has 74 valence electrons. The molecule has 0 spiro atoms. The molecule has 0 atom stereocenters. The van der Waals surface area contributed by atoms with E-state index in [9.17, 15) is 0 Å². The minimum atomic E-state index is 0.800. The topological polar surface area (TPSA) is 21.3 Å². The van der Waals surface area contributed by atoms with Crippen molar-refractivity contribution in [2.75, 3.05) is 26.8 Å². The van der Waals surface area contributed by atoms with E-state index in [2.05, 4.69) is 23.5 Å². The van der Waals surface area contributed by atoms with Gasteiger partial charge in [-0.05, 0) is 25.8 Å². The lowest BCUT2D eigenvalue weighted by Crippen LogP contribution is -2.20. The van der Waals surface area contributed by atoms with Crippen LogP contribution in [0.1, 0.15) is 19.3 Å². The van der Waals surface area contributed by atoms with Gasteiger partial charge in [-0.1, -0.05) is 23.8 Å². The normalized spacial score (nSPS) is 15.9. The smallest absolute Gasteiger partial charge is 0.0587 e. The minimum Gasteiger partial charge on any atom is -0.383 e. The molecular formula is C11H19NO. The summed E-state index contributed by atoms with van der Waals surface area (Å²) < 4.78 is 4.94. The van der Waals surface area contributed by atoms with Gasteiger partial charge in [-0.15, -0.1) is 0 Å². The lowest BCUT2D eigenvalue weighted by Gasteiger charge is -2.07. The van der Waals surface area contributed by atoms with E-state index < -0.39 is 0 Å². The first-order valence-corrected chi connectivity index (χ1v) is 4.98. The zero-order chi connectivity index (χ0) is 9.36. The summed E-state index contributed by atoms with van der Waals surface area (Å²) in [5, 5.41) is 3.33. The Labute approximate surface area is 80.7 Å². The summed E-state index contributed by atoms with van der Waals surface area (Å²) in [6.07, 6.45) is 10.4. The van der Waals surface area contributed by atoms with Gasteiger partial charge in [0.25, 0.3) is 0 Å². The molecule has 0 heterocycles. The number of rotatable bonds is 6. The number of ether oxygens (including phenoxy) is 1. The summed E-state index contributed by atoms with van der Waals surface area (Å²) >= 11 is 0. The molecule has 1 rings (SSSR count). The van der Waals surface area contributed by atoms with Crippen molar-refractivity contribution in [2.45, 2.75) is 19.3 Å². The fourth-order valence-electron chi connectivity index (χ4n) is 1.39. The van der Waals surface area contributed by atoms with E-state index in [0.717, 1.165) is 26.1 Å². The number of allylic oxidation sites excluding steroid dienone is 3. The average molecular weight is 181 g/mol. The van der Waals surface area contributed by atoms with Crippen molar-refractivity contribution in [3.8, 4) is 0 Å². The molecule has 0 aromatic carbocycles. The first-order chi connectivity index (χ1) is 6.43. The van der Waals surface area contributed by atoms with Crippen LogP contribution in [0.25, 0.3) is 0 Å². The highest BCUT2D eigenvalue weighted by atomic mass is 16.5. The Bertz CT molecular complexity index is 185. The van der Waals surface area contributed by atoms with E-state index in [1.807, 2.05) is 0 Å². The third-order valence-corrected chi connectivity index (χ3v) is 2.15. The first-order valence-electron chi connectivity index (χ1n) is 4.98. The highest BCUT2D eigenvalue weighted by Crippen LogP contribution is 2.11. The quantitative estimate of drug-likeness (QED) is 0.632. The largest absolute Gasteiger partial charge is 0.383 e. The van der Waals surface area contributed by atoms with Crippen molar-refractivity contribution >= 4 is 0 Å². The summed E-state index contributed by atoms with van der Waals surface area (Å²) in [5.41, 5.74) is 1.47. The first kappa shape index (κ1) is 10.5. The van der Waals surface area contributed by atoms with Crippen LogP contribution < -0.4 is 5.32 Å². The Morgan fingerprint density at radius 1 is 1.38 bits per heavy atom. The van der Waals surface area contributed by atoms with Crippen molar-refractivity contribution in [3.05, 3.63) is 23.8 Å². The third-order valence-electron chi connectivity index (χ3n) is 2.15. The Morgan fingerprint density at radius 3 is 3.00 bits per heavy atom. The fourth-order valence-corrected chi connectivity index (χ4v) is 1.39. The second-order valence-electron chi connectivity index (χ2n) is 3.25. The van der Waals surface area contributed by atoms with Gasteiger partial charge in [0.15, 0.2) is 0 Å². The van der Waals surface area contributed by atoms with Crippen LogP contribution in [0, 0.1) is 0 Å². The molecule has 0 aliphatic heterocycles. The average Bonchev–Trinajstić information content (AvgIpc) is 2.19. The predicted molar refractivity (Wildman–Crippen MR) is 55.8 cm³/mol. The van der Waals surface area contributed by atoms with Crippen LogP contribution >= 0.6 is 0 Å². The van der Waals surface area contributed by atoms with Gasteiger partial charge in [0.05, 0.1) is 6.61 Å². The van der Waals surface area contributed by atoms with E-state index in [1.54, 1.807) is 7.11 Å². The Kier molecular flexibility index (Phi) is 5.54. The molecular weight excluding hydrogens is 162 g/mol. The summed E-state index contributed by atoms with van der Waals surface area (Å²) in [6.45, 7) is 2.81. The van der Waals surface area contributed by atoms with Crippen molar-refractivity contribution in [3.63, 3.8) is 0 Å². The lowest BCUT2D eigenvalue weighted by molar-refractivity contribution is 0.199. The molecule has 1 aliphatic rings. The Hall–Kier alpha value is -0.600. The number of methoxy groups -OCH3 is 1. The number of hydrogen-bond donors (Lipinski definition) is 1. The van der Waals surface area contributed by atoms with Gasteiger partial charge in [0.2, 0.25) is 0 Å². The number of nitrogens with one attached hydrogen (secondary N) is 1. The maximum absolute atomic E-state index is 4.94. The maximum Gasteiger partial charge on any atom is 0.0587 e. The molecule has 1 aliphatic carbocycles. The van der Waals surface area contributed by atoms with Gasteiger partial charge in [-0.2, -0.15) is 0 Å². The standard InChI is InChI=1S/C11H19NO/c1-13-10-9-12-8-7-11-5-3-2-4-6-11/h3,5-6,12H,2,4,7-10H2,1H3. The van der Waals surface area contributed by atoms with Gasteiger partial charge >= 0.3 is 0 Å². The van der Waals surface area contributed by atoms with Gasteiger partial charge in [0.1, 0.15) is 0 Å². The van der Waals surface area contributed by atoms with Crippen molar-refractivity contribution < 1.29 is 4.74 Å². The molecule has 0 bridgehead atoms. The fraction of sp³-hybridized carbons (Fsp3) is 0.636. The van der Waals surface area contributed by atoms with Crippen LogP contribution in [0.15, 0.2) is 23.8 Å². The van der Waals surface area contributed by atoms with E-state index >= 15 is 0 Å². The molecule has 2 heteroatoms. The van der Waals surface area contributed by atoms with Crippen molar-refractivity contribution in [2.24, 2.45) is 0 Å². The molecule has 0 aromatic rings. The van der Waals surface area contributed by atoms with Crippen LogP contribution in [-0.2, 0) is 4.74 Å². The molecule has 0 radical (unpaired) electrons. The maximum atomic E-state index is 4.94. The molecule has 1 N–H and O–H groups in total. The van der Waals surface area contributed by atoms with E-state index in [-0.39, 0.29) is 0 Å². The number of hydrogen-bond acceptors (Lipinski definition) is 2. The zero-order valence-corrected chi connectivity index (χ0v) is 8.38. The van der Waals surface area contributed by atoms with Crippen molar-refractivity contribution in [1.82, 2.24) is 5.32 Å². The molecule has 0 amide bonds. The van der Waals surface area contributed by atoms with Gasteiger partial charge in [-0.3, -0.25) is 0 Å². The molecule has 0 saturated carbocycles. The zero-order valence-electron chi connectivity index (χ0n) is 8.38. The van der Waals surface area contributed by atoms with E-state index in [1.165, 1.54) is 18.4 Å². The SMILES string of the molecule is COCCNCCC1=CCCC=C1. The lowest BCUT2D eigenvalue weighted by atomic mass is 10.0. The predicted octanol–water partition coefficient (Wildman–Crippen LogP) is 1.89. The summed E-state index contributed by atoms with van der Waals surface area (Å²) in [7, 11) is 1.73. The molecule has 0 saturated heterocycles. The van der Waals surface area contributed by atoms with Gasteiger partial charge in [0, 0.05) is 13.7 Å². The second kappa shape index (κ2) is 6.87. The highest BCUT2D eigenvalue weighted by Gasteiger charge is 1.96. The monoisotopic (exact) mass is 181 g/mol. The van der Waals surface area contributed by atoms with Crippen molar-refractivity contribution in [1.29, 1.82) is 0 Å². The van der Waals surface area contributed by atoms with Crippen LogP contribution in [0.3, 0.4) is 0 Å². The molecule has 0 aromatic heterocycles. The van der Waals surface area contributed by atoms with E-state index in [4.69, 9.17) is 4.74 Å². The van der Waals surface area contributed by atoms with Crippen LogP contribution in [0.2, 0.25) is 0 Å². The molecule has 13 heavy (non-hydrogen) atoms. The summed E-state index contributed by atoms with van der Waals surface area (Å²) in [5.74, 6) is 0. The highest BCUT2D eigenvalue weighted by molar-refractivity contribution is 5.22. The summed E-state index contributed by atoms with van der Waals surface area (Å²) in [4.78, 5) is 0. The van der Waals surface area contributed by atoms with Crippen LogP contribution in [0.5, 0.6) is 0 Å². The minimum absolute atomic E-state index is 0.800. The summed E-state index contributed by atoms with van der Waals surface area (Å²) in [6, 6.07) is 0. The van der Waals surface area contributed by atoms with Crippen LogP contribution in [0.4, 0.5) is 0 Å².